The van der Waals surface area contributed by atoms with Gasteiger partial charge in [0.1, 0.15) is 23.3 Å². The van der Waals surface area contributed by atoms with E-state index in [2.05, 4.69) is 0 Å². The number of pyridine rings is 2. The van der Waals surface area contributed by atoms with Crippen LogP contribution in [0.4, 0.5) is 43.9 Å². The van der Waals surface area contributed by atoms with E-state index in [1.165, 1.54) is 26.0 Å². The summed E-state index contributed by atoms with van der Waals surface area (Å²) in [4.78, 5) is 83.9. The number of ether oxygens (including phenoxy) is 1. The first kappa shape index (κ1) is 89.8. The molecule has 2 aliphatic heterocycles. The molecule has 0 bridgehead atoms. The van der Waals surface area contributed by atoms with E-state index in [1.807, 2.05) is 61.8 Å². The van der Waals surface area contributed by atoms with Crippen molar-refractivity contribution in [2.45, 2.75) is 190 Å². The molecule has 0 radical (unpaired) electrons. The Hall–Kier alpha value is -6.46. The van der Waals surface area contributed by atoms with Crippen LogP contribution in [0.3, 0.4) is 0 Å². The van der Waals surface area contributed by atoms with Gasteiger partial charge in [0.15, 0.2) is 11.6 Å². The van der Waals surface area contributed by atoms with Gasteiger partial charge in [-0.2, -0.15) is 53.3 Å². The molecule has 556 valence electrons. The third-order valence-electron chi connectivity index (χ3n) is 18.6. The first-order chi connectivity index (χ1) is 45.8. The fourth-order valence-electron chi connectivity index (χ4n) is 13.9. The van der Waals surface area contributed by atoms with Gasteiger partial charge in [-0.3, -0.25) is 28.8 Å². The molecule has 2 saturated heterocycles. The largest absolute Gasteiger partial charge is 1.00 e. The van der Waals surface area contributed by atoms with E-state index in [9.17, 15) is 60.2 Å². The molecule has 2 unspecified atom stereocenters. The Kier molecular flexibility index (Phi) is 33.4. The number of aromatic nitrogens is 2. The zero-order chi connectivity index (χ0) is 72.7. The second-order valence-electron chi connectivity index (χ2n) is 27.5. The summed E-state index contributed by atoms with van der Waals surface area (Å²) in [6, 6.07) is 8.76. The number of Topliss-reactive ketones (excluding diaryl/α,β-unsaturated/α-hetero) is 2. The minimum absolute atomic E-state index is 0. The number of ketones is 2. The molecular weight excluding hydrogens is 1370 g/mol. The minimum atomic E-state index is -4.79. The van der Waals surface area contributed by atoms with Crippen LogP contribution in [0.5, 0.6) is 0 Å². The zero-order valence-electron chi connectivity index (χ0n) is 60.6. The van der Waals surface area contributed by atoms with Crippen molar-refractivity contribution >= 4 is 50.5 Å². The van der Waals surface area contributed by atoms with Crippen molar-refractivity contribution in [3.05, 3.63) is 183 Å². The number of rotatable bonds is 27. The third-order valence-corrected chi connectivity index (χ3v) is 18.6. The van der Waals surface area contributed by atoms with E-state index >= 15 is 17.6 Å². The molecule has 6 aromatic rings. The van der Waals surface area contributed by atoms with E-state index in [1.54, 1.807) is 48.5 Å². The fraction of sp³-hybridized carbons (Fsp3) is 0.500. The number of hydrogen-bond donors (Lipinski definition) is 1. The van der Waals surface area contributed by atoms with Crippen LogP contribution in [0.2, 0.25) is 0 Å². The molecule has 0 amide bonds. The number of carboxylic acids is 1. The number of likely N-dealkylation sites (tertiary alicyclic amines) is 2. The maximum Gasteiger partial charge on any atom is 1.00 e. The van der Waals surface area contributed by atoms with Crippen molar-refractivity contribution < 1.29 is 97.3 Å². The van der Waals surface area contributed by atoms with Crippen LogP contribution in [-0.2, 0) is 49.1 Å². The summed E-state index contributed by atoms with van der Waals surface area (Å²) >= 11 is 0. The van der Waals surface area contributed by atoms with E-state index in [4.69, 9.17) is 4.74 Å². The summed E-state index contributed by atoms with van der Waals surface area (Å²) < 4.78 is 157. The molecule has 13 nitrogen and oxygen atoms in total. The number of benzene rings is 4. The molecule has 2 N–H and O–H groups in total. The minimum Gasteiger partial charge on any atom is -0.870 e. The summed E-state index contributed by atoms with van der Waals surface area (Å²) in [6.45, 7) is 26.5. The molecule has 4 heterocycles. The molecule has 4 atom stereocenters. The summed E-state index contributed by atoms with van der Waals surface area (Å²) in [7, 11) is 0. The van der Waals surface area contributed by atoms with E-state index in [-0.39, 0.29) is 129 Å². The van der Waals surface area contributed by atoms with Crippen LogP contribution >= 0.6 is 27.0 Å². The van der Waals surface area contributed by atoms with Gasteiger partial charge < -0.3 is 34.3 Å². The van der Waals surface area contributed by atoms with Crippen LogP contribution < -0.4 is 30.0 Å². The number of hydrogen-bond acceptors (Lipinski definition) is 10. The summed E-state index contributed by atoms with van der Waals surface area (Å²) in [5.41, 5.74) is 0.981. The molecule has 26 heteroatoms. The molecule has 0 aliphatic carbocycles. The van der Waals surface area contributed by atoms with Gasteiger partial charge in [-0.1, -0.05) is 63.1 Å². The first-order valence-corrected chi connectivity index (χ1v) is 33.5. The molecule has 2 aliphatic rings. The molecule has 0 spiro atoms. The molecule has 2 fully saturated rings. The number of halogens is 10. The number of aliphatic carboxylic acids is 1. The Labute approximate surface area is 616 Å². The van der Waals surface area contributed by atoms with Gasteiger partial charge in [-0.15, -0.1) is 0 Å². The number of nitrogens with zero attached hydrogens (tertiary/aromatic N) is 4. The Balaban J connectivity index is 0.000000511. The SMILES string of the molecule is CCOC(=O)C[C@H](CC(=O)C(CC(C)C)n1cc(CCN2CCC2)c(C(F)(F)F)cc1=O)c1c(F)c(C)cc(-c2c(C)cc(C)cc2C)c1F.Cc1cc(C)c(-c2cc(C)c(F)c([C@H](CC(=O)O)CC(=O)C(CC(C)C)n3cc(CCN4CCC4)c(C(F)(F)F)cc3=O)c2F)c(C)c1.S.S.[Li+].[OH-]. The molecule has 0 saturated carbocycles. The van der Waals surface area contributed by atoms with Gasteiger partial charge in [0, 0.05) is 84.5 Å². The average Bonchev–Trinajstić information content (AvgIpc) is 0.777. The summed E-state index contributed by atoms with van der Waals surface area (Å²) in [5.74, 6) is -10.4. The van der Waals surface area contributed by atoms with Crippen LogP contribution in [0, 0.1) is 90.5 Å². The number of esters is 1. The molecular formula is C76H95F10LiN4O9S2. The number of carboxylic acid groups (broad SMARTS) is 1. The van der Waals surface area contributed by atoms with Crippen LogP contribution in [0.15, 0.2) is 70.5 Å². The molecule has 102 heavy (non-hydrogen) atoms. The normalized spacial score (nSPS) is 14.3. The van der Waals surface area contributed by atoms with Gasteiger partial charge >= 0.3 is 43.2 Å². The number of carbonyl (C=O) groups is 4. The van der Waals surface area contributed by atoms with Crippen molar-refractivity contribution in [3.63, 3.8) is 0 Å². The predicted molar refractivity (Wildman–Crippen MR) is 380 cm³/mol. The maximum atomic E-state index is 16.7. The van der Waals surface area contributed by atoms with Crippen LogP contribution in [0.25, 0.3) is 22.3 Å². The smallest absolute Gasteiger partial charge is 0.870 e. The van der Waals surface area contributed by atoms with Crippen molar-refractivity contribution in [3.8, 4) is 22.3 Å². The van der Waals surface area contributed by atoms with Crippen molar-refractivity contribution in [2.75, 3.05) is 45.9 Å². The van der Waals surface area contributed by atoms with Gasteiger partial charge in [-0.05, 0) is 207 Å². The van der Waals surface area contributed by atoms with Crippen molar-refractivity contribution in [1.29, 1.82) is 0 Å². The number of alkyl halides is 6. The van der Waals surface area contributed by atoms with Crippen LogP contribution in [0.1, 0.15) is 188 Å². The van der Waals surface area contributed by atoms with Gasteiger partial charge in [-0.25, -0.2) is 17.6 Å². The Morgan fingerprint density at radius 1 is 0.510 bits per heavy atom. The quantitative estimate of drug-likeness (QED) is 0.0295. The van der Waals surface area contributed by atoms with Crippen molar-refractivity contribution in [2.24, 2.45) is 11.8 Å². The van der Waals surface area contributed by atoms with Crippen LogP contribution in [-0.4, -0.2) is 98.9 Å². The Morgan fingerprint density at radius 3 is 1.13 bits per heavy atom. The second kappa shape index (κ2) is 38.0. The standard InChI is InChI=1S/C39H47F5N2O4.C37H43F5N2O4.Li.H2O.2H2S/c1-8-50-34(49)19-28(36-37(40)26(7)17-29(38(36)41)35-24(5)15-23(4)16-25(35)6)18-32(47)31(14-22(2)3)46-21-27(10-13-45-11-9-12-45)30(20-33(46)48)39(42,43)44;1-20(2)12-29(44-19-25(8-11-43-9-7-10-43)28(18-31(44)46)37(40,41)42)30(45)16-26(17-32(47)48)34-35(38)24(6)15-27(36(34)39)33-22(4)13-21(3)14-23(33)5;;;;/h15-17,20-22,28,31H,8-14,18-19H2,1-7H3;13-15,18-20,26,29H,7-12,16-17H2,1-6H3,(H,47,48);;3*1H2/q;;+1;;;/p-1/t28-,31?;26-,29?;;;;/m00..../s1. The number of carbonyl (C=O) groups excluding carboxylic acids is 3. The topological polar surface area (TPSA) is 178 Å². The summed E-state index contributed by atoms with van der Waals surface area (Å²) in [6.07, 6.45) is -7.86. The average molecular weight is 1470 g/mol. The molecule has 2 aromatic heterocycles. The second-order valence-corrected chi connectivity index (χ2v) is 27.5. The molecule has 4 aromatic carbocycles. The van der Waals surface area contributed by atoms with E-state index in [0.29, 0.717) is 36.3 Å². The zero-order valence-corrected chi connectivity index (χ0v) is 62.6. The van der Waals surface area contributed by atoms with E-state index in [0.717, 1.165) is 93.9 Å². The molecule has 8 rings (SSSR count). The predicted octanol–water partition coefficient (Wildman–Crippen LogP) is 13.7. The number of aryl methyl sites for hydroxylation is 8. The van der Waals surface area contributed by atoms with E-state index < -0.39 is 142 Å². The first-order valence-electron chi connectivity index (χ1n) is 33.5. The Bertz CT molecular complexity index is 4050. The summed E-state index contributed by atoms with van der Waals surface area (Å²) in [5, 5.41) is 9.81. The van der Waals surface area contributed by atoms with Gasteiger partial charge in [0.2, 0.25) is 0 Å². The fourth-order valence-corrected chi connectivity index (χ4v) is 13.9. The van der Waals surface area contributed by atoms with Gasteiger partial charge in [0.25, 0.3) is 11.1 Å². The third kappa shape index (κ3) is 22.1. The Morgan fingerprint density at radius 2 is 0.843 bits per heavy atom. The maximum absolute atomic E-state index is 16.7. The van der Waals surface area contributed by atoms with Crippen molar-refractivity contribution in [1.82, 2.24) is 18.9 Å². The monoisotopic (exact) mass is 1470 g/mol. The van der Waals surface area contributed by atoms with Gasteiger partial charge in [0.05, 0.1) is 42.7 Å².